The zero-order chi connectivity index (χ0) is 9.14. The predicted molar refractivity (Wildman–Crippen MR) is 53.3 cm³/mol. The molecule has 1 heterocycles. The molecule has 0 aromatic carbocycles. The first-order valence-corrected chi connectivity index (χ1v) is 5.03. The highest BCUT2D eigenvalue weighted by atomic mass is 15.2. The van der Waals surface area contributed by atoms with Crippen molar-refractivity contribution in [2.24, 2.45) is 11.8 Å². The molecule has 1 unspecified atom stereocenters. The van der Waals surface area contributed by atoms with Crippen LogP contribution < -0.4 is 5.32 Å². The van der Waals surface area contributed by atoms with E-state index in [1.54, 1.807) is 0 Å². The summed E-state index contributed by atoms with van der Waals surface area (Å²) in [6.45, 7) is 10.7. The summed E-state index contributed by atoms with van der Waals surface area (Å²) in [5.41, 5.74) is 0. The molecule has 1 aliphatic heterocycles. The summed E-state index contributed by atoms with van der Waals surface area (Å²) >= 11 is 0. The van der Waals surface area contributed by atoms with Gasteiger partial charge in [-0.3, -0.25) is 0 Å². The lowest BCUT2D eigenvalue weighted by Crippen LogP contribution is -2.52. The normalized spacial score (nSPS) is 22.8. The Hall–Kier alpha value is -0.0800. The van der Waals surface area contributed by atoms with E-state index in [4.69, 9.17) is 0 Å². The van der Waals surface area contributed by atoms with Gasteiger partial charge in [0.2, 0.25) is 0 Å². The second kappa shape index (κ2) is 4.24. The van der Waals surface area contributed by atoms with Crippen LogP contribution in [-0.2, 0) is 0 Å². The Morgan fingerprint density at radius 3 is 2.33 bits per heavy atom. The number of rotatable bonds is 4. The van der Waals surface area contributed by atoms with Crippen molar-refractivity contribution in [3.8, 4) is 0 Å². The van der Waals surface area contributed by atoms with Crippen molar-refractivity contribution in [2.45, 2.75) is 26.8 Å². The topological polar surface area (TPSA) is 15.3 Å². The van der Waals surface area contributed by atoms with Crippen LogP contribution in [0.1, 0.15) is 20.8 Å². The molecule has 1 rings (SSSR count). The summed E-state index contributed by atoms with van der Waals surface area (Å²) in [7, 11) is 2.03. The molecule has 1 N–H and O–H groups in total. The van der Waals surface area contributed by atoms with Crippen molar-refractivity contribution in [1.29, 1.82) is 0 Å². The summed E-state index contributed by atoms with van der Waals surface area (Å²) in [4.78, 5) is 2.53. The number of likely N-dealkylation sites (tertiary alicyclic amines) is 1. The van der Waals surface area contributed by atoms with Crippen LogP contribution in [0.4, 0.5) is 0 Å². The van der Waals surface area contributed by atoms with Crippen LogP contribution in [0.2, 0.25) is 0 Å². The van der Waals surface area contributed by atoms with Crippen LogP contribution >= 0.6 is 0 Å². The molecule has 0 bridgehead atoms. The van der Waals surface area contributed by atoms with E-state index < -0.39 is 0 Å². The molecule has 0 amide bonds. The van der Waals surface area contributed by atoms with Gasteiger partial charge in [-0.15, -0.1) is 0 Å². The van der Waals surface area contributed by atoms with Gasteiger partial charge in [0.25, 0.3) is 0 Å². The molecule has 72 valence electrons. The number of likely N-dealkylation sites (N-methyl/N-ethyl adjacent to an activating group) is 1. The zero-order valence-corrected chi connectivity index (χ0v) is 8.80. The molecule has 0 saturated carbocycles. The van der Waals surface area contributed by atoms with Gasteiger partial charge in [0.05, 0.1) is 0 Å². The van der Waals surface area contributed by atoms with E-state index in [2.05, 4.69) is 31.0 Å². The lowest BCUT2D eigenvalue weighted by molar-refractivity contribution is 0.0618. The van der Waals surface area contributed by atoms with E-state index in [-0.39, 0.29) is 0 Å². The summed E-state index contributed by atoms with van der Waals surface area (Å²) in [6, 6.07) is 0.637. The van der Waals surface area contributed by atoms with Gasteiger partial charge >= 0.3 is 0 Å². The van der Waals surface area contributed by atoms with E-state index in [0.29, 0.717) is 6.04 Å². The Morgan fingerprint density at radius 1 is 1.33 bits per heavy atom. The van der Waals surface area contributed by atoms with Crippen LogP contribution in [0.25, 0.3) is 0 Å². The van der Waals surface area contributed by atoms with Crippen molar-refractivity contribution in [3.05, 3.63) is 0 Å². The van der Waals surface area contributed by atoms with Gasteiger partial charge in [-0.25, -0.2) is 0 Å². The first-order valence-electron chi connectivity index (χ1n) is 5.03. The van der Waals surface area contributed by atoms with Crippen molar-refractivity contribution < 1.29 is 0 Å². The molecule has 1 atom stereocenters. The third kappa shape index (κ3) is 2.46. The highest BCUT2D eigenvalue weighted by molar-refractivity contribution is 4.83. The molecule has 0 spiro atoms. The van der Waals surface area contributed by atoms with Crippen LogP contribution in [0.15, 0.2) is 0 Å². The van der Waals surface area contributed by atoms with Crippen molar-refractivity contribution in [2.75, 3.05) is 26.7 Å². The lowest BCUT2D eigenvalue weighted by Gasteiger charge is -2.42. The Kier molecular flexibility index (Phi) is 3.53. The van der Waals surface area contributed by atoms with E-state index in [9.17, 15) is 0 Å². The molecule has 1 fully saturated rings. The summed E-state index contributed by atoms with van der Waals surface area (Å²) in [6.07, 6.45) is 0. The van der Waals surface area contributed by atoms with Gasteiger partial charge in [-0.1, -0.05) is 13.8 Å². The molecule has 0 aromatic heterocycles. The van der Waals surface area contributed by atoms with Crippen LogP contribution in [-0.4, -0.2) is 37.6 Å². The molecule has 0 radical (unpaired) electrons. The summed E-state index contributed by atoms with van der Waals surface area (Å²) in [5, 5.41) is 3.27. The molecular formula is C10H22N2. The first kappa shape index (κ1) is 10.0. The molecule has 12 heavy (non-hydrogen) atoms. The van der Waals surface area contributed by atoms with E-state index >= 15 is 0 Å². The van der Waals surface area contributed by atoms with Gasteiger partial charge in [0.15, 0.2) is 0 Å². The van der Waals surface area contributed by atoms with Crippen molar-refractivity contribution in [3.63, 3.8) is 0 Å². The second-order valence-electron chi connectivity index (χ2n) is 4.41. The maximum Gasteiger partial charge on any atom is 0.0163 e. The average molecular weight is 170 g/mol. The van der Waals surface area contributed by atoms with Gasteiger partial charge in [-0.05, 0) is 25.8 Å². The summed E-state index contributed by atoms with van der Waals surface area (Å²) in [5.74, 6) is 1.82. The molecule has 2 nitrogen and oxygen atoms in total. The second-order valence-corrected chi connectivity index (χ2v) is 4.41. The molecule has 0 aromatic rings. The highest BCUT2D eigenvalue weighted by Crippen LogP contribution is 2.22. The highest BCUT2D eigenvalue weighted by Gasteiger charge is 2.29. The molecule has 1 saturated heterocycles. The number of nitrogens with zero attached hydrogens (tertiary/aromatic N) is 1. The minimum atomic E-state index is 0.637. The number of hydrogen-bond donors (Lipinski definition) is 1. The fourth-order valence-electron chi connectivity index (χ4n) is 1.66. The third-order valence-corrected chi connectivity index (χ3v) is 2.95. The van der Waals surface area contributed by atoms with E-state index in [1.165, 1.54) is 19.6 Å². The maximum absolute atomic E-state index is 3.27. The fourth-order valence-corrected chi connectivity index (χ4v) is 1.66. The first-order chi connectivity index (χ1) is 5.63. The average Bonchev–Trinajstić information content (AvgIpc) is 1.94. The SMILES string of the molecule is CNC(C)CN1CC(C(C)C)C1. The van der Waals surface area contributed by atoms with Crippen molar-refractivity contribution >= 4 is 0 Å². The minimum absolute atomic E-state index is 0.637. The predicted octanol–water partition coefficient (Wildman–Crippen LogP) is 1.18. The Morgan fingerprint density at radius 2 is 1.92 bits per heavy atom. The smallest absolute Gasteiger partial charge is 0.0163 e. The number of hydrogen-bond acceptors (Lipinski definition) is 2. The Balaban J connectivity index is 2.09. The lowest BCUT2D eigenvalue weighted by atomic mass is 9.88. The van der Waals surface area contributed by atoms with Gasteiger partial charge in [-0.2, -0.15) is 0 Å². The van der Waals surface area contributed by atoms with Gasteiger partial charge < -0.3 is 10.2 Å². The molecule has 0 aliphatic carbocycles. The molecule has 1 aliphatic rings. The maximum atomic E-state index is 3.27. The summed E-state index contributed by atoms with van der Waals surface area (Å²) < 4.78 is 0. The van der Waals surface area contributed by atoms with E-state index in [0.717, 1.165) is 11.8 Å². The van der Waals surface area contributed by atoms with Crippen LogP contribution in [0.3, 0.4) is 0 Å². The van der Waals surface area contributed by atoms with Gasteiger partial charge in [0.1, 0.15) is 0 Å². The van der Waals surface area contributed by atoms with Crippen LogP contribution in [0, 0.1) is 11.8 Å². The van der Waals surface area contributed by atoms with Crippen LogP contribution in [0.5, 0.6) is 0 Å². The van der Waals surface area contributed by atoms with E-state index in [1.807, 2.05) is 7.05 Å². The fraction of sp³-hybridized carbons (Fsp3) is 1.00. The molecule has 2 heteroatoms. The Bertz CT molecular complexity index is 128. The molecular weight excluding hydrogens is 148 g/mol. The van der Waals surface area contributed by atoms with Crippen molar-refractivity contribution in [1.82, 2.24) is 10.2 Å². The standard InChI is InChI=1S/C10H22N2/c1-8(2)10-6-12(7-10)5-9(3)11-4/h8-11H,5-7H2,1-4H3. The quantitative estimate of drug-likeness (QED) is 0.681. The van der Waals surface area contributed by atoms with Gasteiger partial charge in [0, 0.05) is 25.7 Å². The monoisotopic (exact) mass is 170 g/mol. The zero-order valence-electron chi connectivity index (χ0n) is 8.80. The Labute approximate surface area is 76.3 Å². The largest absolute Gasteiger partial charge is 0.316 e. The minimum Gasteiger partial charge on any atom is -0.316 e. The third-order valence-electron chi connectivity index (χ3n) is 2.95. The number of nitrogens with one attached hydrogen (secondary N) is 1.